The molecular weight excluding hydrogens is 584 g/mol. The van der Waals surface area contributed by atoms with Gasteiger partial charge in [-0.2, -0.15) is 8.78 Å². The molecule has 2 N–H and O–H groups in total. The molecule has 0 unspecified atom stereocenters. The number of hydrogen-bond donors (Lipinski definition) is 2. The number of aliphatic hydroxyl groups excluding tert-OH is 1. The van der Waals surface area contributed by atoms with Gasteiger partial charge in [-0.3, -0.25) is 9.59 Å². The molecule has 222 valence electrons. The molecular formula is C25H29F2N5O7S2. The summed E-state index contributed by atoms with van der Waals surface area (Å²) in [4.78, 5) is 31.0. The summed E-state index contributed by atoms with van der Waals surface area (Å²) in [7, 11) is -1.92. The Bertz CT molecular complexity index is 1510. The molecule has 3 atom stereocenters. The molecule has 3 heterocycles. The Labute approximate surface area is 238 Å². The van der Waals surface area contributed by atoms with E-state index in [-0.39, 0.29) is 40.1 Å². The summed E-state index contributed by atoms with van der Waals surface area (Å²) < 4.78 is 61.3. The molecule has 16 heteroatoms. The fraction of sp³-hybridized carbons (Fsp3) is 0.440. The number of anilines is 1. The van der Waals surface area contributed by atoms with E-state index in [0.717, 1.165) is 16.0 Å². The fourth-order valence-corrected chi connectivity index (χ4v) is 6.07. The van der Waals surface area contributed by atoms with Crippen LogP contribution in [0.1, 0.15) is 34.6 Å². The predicted octanol–water partition coefficient (Wildman–Crippen LogP) is 1.76. The van der Waals surface area contributed by atoms with Crippen LogP contribution in [0.5, 0.6) is 5.88 Å². The first-order chi connectivity index (χ1) is 19.5. The molecule has 0 radical (unpaired) electrons. The lowest BCUT2D eigenvalue weighted by Crippen LogP contribution is -2.34. The van der Waals surface area contributed by atoms with Gasteiger partial charge >= 0.3 is 6.61 Å². The number of alkyl halides is 2. The predicted molar refractivity (Wildman–Crippen MR) is 145 cm³/mol. The van der Waals surface area contributed by atoms with Crippen molar-refractivity contribution in [2.75, 3.05) is 30.4 Å². The zero-order valence-electron chi connectivity index (χ0n) is 22.1. The van der Waals surface area contributed by atoms with Crippen molar-refractivity contribution in [2.45, 2.75) is 43.0 Å². The quantitative estimate of drug-likeness (QED) is 0.309. The van der Waals surface area contributed by atoms with Gasteiger partial charge in [0.1, 0.15) is 11.0 Å². The molecule has 4 rings (SSSR count). The number of nitrogens with zero attached hydrogens (tertiary/aromatic N) is 4. The van der Waals surface area contributed by atoms with E-state index in [1.165, 1.54) is 56.6 Å². The van der Waals surface area contributed by atoms with Gasteiger partial charge in [-0.15, -0.1) is 5.10 Å². The first-order valence-electron chi connectivity index (χ1n) is 12.6. The molecule has 1 aliphatic heterocycles. The monoisotopic (exact) mass is 613 g/mol. The van der Waals surface area contributed by atoms with Gasteiger partial charge in [-0.25, -0.2) is 18.1 Å². The number of rotatable bonds is 12. The second-order valence-corrected chi connectivity index (χ2v) is 12.5. The topological polar surface area (TPSA) is 153 Å². The van der Waals surface area contributed by atoms with Crippen LogP contribution < -0.4 is 20.5 Å². The normalized spacial score (nSPS) is 18.0. The number of halogens is 2. The summed E-state index contributed by atoms with van der Waals surface area (Å²) in [6.07, 6.45) is 1.16. The molecule has 1 amide bonds. The van der Waals surface area contributed by atoms with Gasteiger partial charge in [0, 0.05) is 25.6 Å². The Morgan fingerprint density at radius 1 is 1.24 bits per heavy atom. The first kappa shape index (κ1) is 30.5. The zero-order chi connectivity index (χ0) is 29.7. The van der Waals surface area contributed by atoms with Crippen molar-refractivity contribution in [3.63, 3.8) is 0 Å². The minimum Gasteiger partial charge on any atom is -0.471 e. The average molecular weight is 614 g/mol. The van der Waals surface area contributed by atoms with E-state index < -0.39 is 47.2 Å². The van der Waals surface area contributed by atoms with Crippen LogP contribution in [0.2, 0.25) is 0 Å². The van der Waals surface area contributed by atoms with Crippen LogP contribution in [0, 0.1) is 0 Å². The number of nitrogens with one attached hydrogen (secondary N) is 1. The third kappa shape index (κ3) is 7.44. The second-order valence-electron chi connectivity index (χ2n) is 9.20. The number of sulfone groups is 1. The van der Waals surface area contributed by atoms with Crippen molar-refractivity contribution in [3.05, 3.63) is 63.4 Å². The molecule has 1 saturated heterocycles. The number of benzene rings is 1. The van der Waals surface area contributed by atoms with Crippen LogP contribution in [0.4, 0.5) is 13.9 Å². The van der Waals surface area contributed by atoms with Crippen molar-refractivity contribution in [3.8, 4) is 5.88 Å². The van der Waals surface area contributed by atoms with E-state index >= 15 is 0 Å². The van der Waals surface area contributed by atoms with E-state index in [1.807, 2.05) is 0 Å². The molecule has 41 heavy (non-hydrogen) atoms. The maximum atomic E-state index is 13.0. The number of carbonyl (C=O) groups is 1. The van der Waals surface area contributed by atoms with E-state index in [9.17, 15) is 31.9 Å². The van der Waals surface area contributed by atoms with Gasteiger partial charge in [-0.1, -0.05) is 30.4 Å². The van der Waals surface area contributed by atoms with Crippen molar-refractivity contribution >= 4 is 32.2 Å². The first-order valence-corrected chi connectivity index (χ1v) is 15.0. The molecule has 0 spiro atoms. The summed E-state index contributed by atoms with van der Waals surface area (Å²) in [5.74, 6) is -0.384. The van der Waals surface area contributed by atoms with E-state index in [2.05, 4.69) is 20.1 Å². The highest BCUT2D eigenvalue weighted by molar-refractivity contribution is 7.91. The van der Waals surface area contributed by atoms with E-state index in [4.69, 9.17) is 4.74 Å². The minimum atomic E-state index is -3.40. The zero-order valence-corrected chi connectivity index (χ0v) is 23.8. The summed E-state index contributed by atoms with van der Waals surface area (Å²) in [6.45, 7) is -1.93. The third-order valence-electron chi connectivity index (χ3n) is 6.49. The van der Waals surface area contributed by atoms with Crippen molar-refractivity contribution < 1.29 is 36.6 Å². The lowest BCUT2D eigenvalue weighted by molar-refractivity contribution is -0.131. The SMILES string of the molecule is CCS(=O)(=O)c1ccc([C@H](CO)NC(=O)c2cnc(N3C[C@@H](Oc4ccc(=O)n(C)n4)C[C@H]3COC(F)F)s2)cc1. The summed E-state index contributed by atoms with van der Waals surface area (Å²) in [5.41, 5.74) is 0.198. The van der Waals surface area contributed by atoms with Crippen molar-refractivity contribution in [2.24, 2.45) is 7.05 Å². The number of ether oxygens (including phenoxy) is 2. The van der Waals surface area contributed by atoms with Gasteiger partial charge in [0.05, 0.1) is 48.7 Å². The molecule has 2 aromatic heterocycles. The lowest BCUT2D eigenvalue weighted by Gasteiger charge is -2.23. The van der Waals surface area contributed by atoms with Crippen LogP contribution in [0.15, 0.2) is 52.3 Å². The summed E-state index contributed by atoms with van der Waals surface area (Å²) >= 11 is 1.03. The maximum absolute atomic E-state index is 13.0. The van der Waals surface area contributed by atoms with Gasteiger partial charge in [0.25, 0.3) is 11.5 Å². The highest BCUT2D eigenvalue weighted by atomic mass is 32.2. The number of thiazole rings is 1. The van der Waals surface area contributed by atoms with E-state index in [1.54, 1.807) is 4.90 Å². The van der Waals surface area contributed by atoms with Crippen LogP contribution in [-0.4, -0.2) is 78.5 Å². The Kier molecular flexibility index (Phi) is 9.68. The lowest BCUT2D eigenvalue weighted by atomic mass is 10.1. The number of aryl methyl sites for hydroxylation is 1. The summed E-state index contributed by atoms with van der Waals surface area (Å²) in [5, 5.41) is 17.0. The second kappa shape index (κ2) is 13.0. The van der Waals surface area contributed by atoms with Crippen LogP contribution in [0.25, 0.3) is 0 Å². The molecule has 0 saturated carbocycles. The van der Waals surface area contributed by atoms with Gasteiger partial charge < -0.3 is 24.8 Å². The third-order valence-corrected chi connectivity index (χ3v) is 9.27. The maximum Gasteiger partial charge on any atom is 0.345 e. The van der Waals surface area contributed by atoms with Gasteiger partial charge in [0.2, 0.25) is 5.88 Å². The van der Waals surface area contributed by atoms with Crippen molar-refractivity contribution in [1.82, 2.24) is 20.1 Å². The smallest absolute Gasteiger partial charge is 0.345 e. The van der Waals surface area contributed by atoms with Gasteiger partial charge in [0.15, 0.2) is 15.0 Å². The Morgan fingerprint density at radius 3 is 2.61 bits per heavy atom. The molecule has 12 nitrogen and oxygen atoms in total. The molecule has 1 aromatic carbocycles. The Hall–Kier alpha value is -3.47. The number of amides is 1. The number of hydrogen-bond acceptors (Lipinski definition) is 11. The van der Waals surface area contributed by atoms with E-state index in [0.29, 0.717) is 17.1 Å². The van der Waals surface area contributed by atoms with Crippen LogP contribution in [0.3, 0.4) is 0 Å². The van der Waals surface area contributed by atoms with Crippen LogP contribution >= 0.6 is 11.3 Å². The Balaban J connectivity index is 1.46. The standard InChI is InChI=1S/C25H29F2N5O7S2/c1-3-41(36,37)18-6-4-15(5-7-18)19(13-33)29-23(35)20-11-28-25(40-20)32-12-17(10-16(32)14-38-24(26)27)39-21-8-9-22(34)31(2)30-21/h4-9,11,16-17,19,24,33H,3,10,12-14H2,1-2H3,(H,29,35)/t16-,17-,19-/m0/s1. The van der Waals surface area contributed by atoms with Crippen molar-refractivity contribution in [1.29, 1.82) is 0 Å². The number of carbonyl (C=O) groups excluding carboxylic acids is 1. The molecule has 1 aliphatic rings. The number of aliphatic hydroxyl groups is 1. The average Bonchev–Trinajstić information content (AvgIpc) is 3.60. The minimum absolute atomic E-state index is 0.0522. The fourth-order valence-electron chi connectivity index (χ4n) is 4.29. The highest BCUT2D eigenvalue weighted by Crippen LogP contribution is 2.32. The van der Waals surface area contributed by atoms with Crippen LogP contribution in [-0.2, 0) is 21.6 Å². The largest absolute Gasteiger partial charge is 0.471 e. The molecule has 1 fully saturated rings. The number of aromatic nitrogens is 3. The molecule has 3 aromatic rings. The van der Waals surface area contributed by atoms with Gasteiger partial charge in [-0.05, 0) is 17.7 Å². The summed E-state index contributed by atoms with van der Waals surface area (Å²) in [6, 6.07) is 7.29. The Morgan fingerprint density at radius 2 is 1.98 bits per heavy atom. The molecule has 0 bridgehead atoms. The molecule has 0 aliphatic carbocycles. The highest BCUT2D eigenvalue weighted by Gasteiger charge is 2.36.